The van der Waals surface area contributed by atoms with Crippen molar-refractivity contribution in [3.8, 4) is 0 Å². The average Bonchev–Trinajstić information content (AvgIpc) is 2.45. The van der Waals surface area contributed by atoms with Gasteiger partial charge in [-0.3, -0.25) is 4.98 Å². The van der Waals surface area contributed by atoms with E-state index in [1.807, 2.05) is 30.5 Å². The van der Waals surface area contributed by atoms with Gasteiger partial charge in [-0.1, -0.05) is 50.1 Å². The van der Waals surface area contributed by atoms with Gasteiger partial charge in [0.15, 0.2) is 0 Å². The van der Waals surface area contributed by atoms with Gasteiger partial charge in [0.1, 0.15) is 0 Å². The first-order chi connectivity index (χ1) is 9.63. The van der Waals surface area contributed by atoms with Crippen LogP contribution in [0.1, 0.15) is 26.3 Å². The minimum atomic E-state index is 0.503. The molecule has 0 aliphatic carbocycles. The van der Waals surface area contributed by atoms with E-state index < -0.39 is 0 Å². The molecule has 0 aliphatic heterocycles. The van der Waals surface area contributed by atoms with Crippen LogP contribution in [0.3, 0.4) is 0 Å². The number of fused-ring (bicyclic) bond motifs is 1. The highest BCUT2D eigenvalue weighted by molar-refractivity contribution is 6.35. The zero-order chi connectivity index (χ0) is 14.5. The Hall–Kier alpha value is -1.38. The summed E-state index contributed by atoms with van der Waals surface area (Å²) in [5.41, 5.74) is 3.47. The predicted molar refractivity (Wildman–Crippen MR) is 88.1 cm³/mol. The maximum atomic E-state index is 6.24. The molecule has 0 unspecified atom stereocenters. The number of benzene rings is 1. The van der Waals surface area contributed by atoms with E-state index in [4.69, 9.17) is 11.6 Å². The van der Waals surface area contributed by atoms with Crippen molar-refractivity contribution in [2.24, 2.45) is 5.92 Å². The van der Waals surface area contributed by atoms with E-state index in [-0.39, 0.29) is 0 Å². The fraction of sp³-hybridized carbons (Fsp3) is 0.353. The number of likely N-dealkylation sites (N-methyl/N-ethyl adjacent to an activating group) is 1. The van der Waals surface area contributed by atoms with Gasteiger partial charge in [-0.15, -0.1) is 0 Å². The molecule has 3 heteroatoms. The summed E-state index contributed by atoms with van der Waals surface area (Å²) < 4.78 is 0. The zero-order valence-electron chi connectivity index (χ0n) is 12.3. The van der Waals surface area contributed by atoms with Crippen LogP contribution in [0.2, 0.25) is 5.02 Å². The Kier molecular flexibility index (Phi) is 5.16. The maximum Gasteiger partial charge on any atom is 0.0789 e. The van der Waals surface area contributed by atoms with Crippen molar-refractivity contribution < 1.29 is 0 Å². The Morgan fingerprint density at radius 3 is 2.85 bits per heavy atom. The Morgan fingerprint density at radius 1 is 1.35 bits per heavy atom. The molecule has 0 aliphatic rings. The van der Waals surface area contributed by atoms with Crippen molar-refractivity contribution in [3.63, 3.8) is 0 Å². The number of halogens is 1. The van der Waals surface area contributed by atoms with Crippen molar-refractivity contribution in [2.45, 2.75) is 20.8 Å². The van der Waals surface area contributed by atoms with Crippen LogP contribution in [0.15, 0.2) is 36.0 Å². The number of pyridine rings is 1. The summed E-state index contributed by atoms with van der Waals surface area (Å²) in [7, 11) is 0. The van der Waals surface area contributed by atoms with Gasteiger partial charge in [0.05, 0.1) is 10.5 Å². The minimum absolute atomic E-state index is 0.503. The number of hydrogen-bond acceptors (Lipinski definition) is 2. The molecule has 106 valence electrons. The second-order valence-corrected chi connectivity index (χ2v) is 5.60. The van der Waals surface area contributed by atoms with Gasteiger partial charge in [-0.25, -0.2) is 0 Å². The van der Waals surface area contributed by atoms with E-state index >= 15 is 0 Å². The molecular formula is C17H21ClN2. The number of aromatic nitrogens is 1. The first-order valence-corrected chi connectivity index (χ1v) is 7.45. The second kappa shape index (κ2) is 6.87. The monoisotopic (exact) mass is 288 g/mol. The number of hydrogen-bond donors (Lipinski definition) is 1. The van der Waals surface area contributed by atoms with E-state index in [1.165, 1.54) is 5.57 Å². The van der Waals surface area contributed by atoms with Crippen molar-refractivity contribution in [2.75, 3.05) is 13.1 Å². The Balaban J connectivity index is 2.48. The summed E-state index contributed by atoms with van der Waals surface area (Å²) in [6.45, 7) is 8.44. The highest BCUT2D eigenvalue weighted by Gasteiger charge is 2.07. The molecular weight excluding hydrogens is 268 g/mol. The van der Waals surface area contributed by atoms with Crippen LogP contribution in [0.25, 0.3) is 17.0 Å². The summed E-state index contributed by atoms with van der Waals surface area (Å²) in [6.07, 6.45) is 4.05. The normalized spacial score (nSPS) is 12.3. The van der Waals surface area contributed by atoms with Gasteiger partial charge in [0, 0.05) is 23.7 Å². The van der Waals surface area contributed by atoms with Gasteiger partial charge in [0.2, 0.25) is 0 Å². The van der Waals surface area contributed by atoms with Crippen LogP contribution >= 0.6 is 11.6 Å². The SMILES string of the molecule is CCNC/C(=C/c1ccc(Cl)c2cccnc12)C(C)C. The Morgan fingerprint density at radius 2 is 2.15 bits per heavy atom. The summed E-state index contributed by atoms with van der Waals surface area (Å²) in [5.74, 6) is 0.503. The molecule has 0 spiro atoms. The summed E-state index contributed by atoms with van der Waals surface area (Å²) in [4.78, 5) is 4.49. The zero-order valence-corrected chi connectivity index (χ0v) is 13.0. The first-order valence-electron chi connectivity index (χ1n) is 7.08. The maximum absolute atomic E-state index is 6.24. The van der Waals surface area contributed by atoms with Gasteiger partial charge < -0.3 is 5.32 Å². The third-order valence-electron chi connectivity index (χ3n) is 3.41. The van der Waals surface area contributed by atoms with Gasteiger partial charge >= 0.3 is 0 Å². The number of nitrogens with zero attached hydrogens (tertiary/aromatic N) is 1. The van der Waals surface area contributed by atoms with Gasteiger partial charge in [-0.05, 0) is 30.7 Å². The lowest BCUT2D eigenvalue weighted by molar-refractivity contribution is 0.682. The highest BCUT2D eigenvalue weighted by Crippen LogP contribution is 2.27. The molecule has 1 aromatic carbocycles. The first kappa shape index (κ1) is 15.0. The fourth-order valence-corrected chi connectivity index (χ4v) is 2.38. The molecule has 20 heavy (non-hydrogen) atoms. The molecule has 2 aromatic rings. The van der Waals surface area contributed by atoms with Crippen LogP contribution < -0.4 is 5.32 Å². The quantitative estimate of drug-likeness (QED) is 0.874. The average molecular weight is 289 g/mol. The molecule has 2 nitrogen and oxygen atoms in total. The van der Waals surface area contributed by atoms with Crippen LogP contribution in [0, 0.1) is 5.92 Å². The molecule has 0 bridgehead atoms. The third kappa shape index (κ3) is 3.38. The number of rotatable bonds is 5. The van der Waals surface area contributed by atoms with Gasteiger partial charge in [-0.2, -0.15) is 0 Å². The van der Waals surface area contributed by atoms with E-state index in [2.05, 4.69) is 37.1 Å². The molecule has 0 saturated carbocycles. The van der Waals surface area contributed by atoms with Crippen molar-refractivity contribution in [1.82, 2.24) is 10.3 Å². The molecule has 1 aromatic heterocycles. The van der Waals surface area contributed by atoms with Crippen LogP contribution in [0.4, 0.5) is 0 Å². The molecule has 0 amide bonds. The van der Waals surface area contributed by atoms with E-state index in [0.717, 1.165) is 34.6 Å². The van der Waals surface area contributed by atoms with Crippen molar-refractivity contribution in [3.05, 3.63) is 46.6 Å². The lowest BCUT2D eigenvalue weighted by Gasteiger charge is -2.13. The summed E-state index contributed by atoms with van der Waals surface area (Å²) in [6, 6.07) is 7.93. The summed E-state index contributed by atoms with van der Waals surface area (Å²) in [5, 5.41) is 5.16. The molecule has 0 radical (unpaired) electrons. The lowest BCUT2D eigenvalue weighted by Crippen LogP contribution is -2.18. The van der Waals surface area contributed by atoms with Gasteiger partial charge in [0.25, 0.3) is 0 Å². The molecule has 1 N–H and O–H groups in total. The smallest absolute Gasteiger partial charge is 0.0789 e. The molecule has 0 fully saturated rings. The van der Waals surface area contributed by atoms with Crippen molar-refractivity contribution in [1.29, 1.82) is 0 Å². The minimum Gasteiger partial charge on any atom is -0.313 e. The van der Waals surface area contributed by atoms with E-state index in [0.29, 0.717) is 5.92 Å². The standard InChI is InChI=1S/C17H21ClN2/c1-4-19-11-14(12(2)3)10-13-7-8-16(18)15-6-5-9-20-17(13)15/h5-10,12,19H,4,11H2,1-3H3/b14-10-. The predicted octanol–water partition coefficient (Wildman–Crippen LogP) is 4.54. The van der Waals surface area contributed by atoms with Crippen LogP contribution in [-0.4, -0.2) is 18.1 Å². The molecule has 2 rings (SSSR count). The van der Waals surface area contributed by atoms with Crippen LogP contribution in [-0.2, 0) is 0 Å². The molecule has 0 atom stereocenters. The Bertz CT molecular complexity index is 617. The topological polar surface area (TPSA) is 24.9 Å². The highest BCUT2D eigenvalue weighted by atomic mass is 35.5. The van der Waals surface area contributed by atoms with Crippen molar-refractivity contribution >= 4 is 28.6 Å². The largest absolute Gasteiger partial charge is 0.313 e. The molecule has 1 heterocycles. The number of nitrogens with one attached hydrogen (secondary N) is 1. The summed E-state index contributed by atoms with van der Waals surface area (Å²) >= 11 is 6.24. The lowest BCUT2D eigenvalue weighted by atomic mass is 9.99. The fourth-order valence-electron chi connectivity index (χ4n) is 2.17. The third-order valence-corrected chi connectivity index (χ3v) is 3.74. The molecule has 0 saturated heterocycles. The van der Waals surface area contributed by atoms with Crippen LogP contribution in [0.5, 0.6) is 0 Å². The Labute approximate surface area is 125 Å². The van der Waals surface area contributed by atoms with E-state index in [1.54, 1.807) is 0 Å². The second-order valence-electron chi connectivity index (χ2n) is 5.19. The van der Waals surface area contributed by atoms with E-state index in [9.17, 15) is 0 Å².